The molecule has 3 aromatic rings. The van der Waals surface area contributed by atoms with Crippen LogP contribution in [0.2, 0.25) is 0 Å². The second-order valence-corrected chi connectivity index (χ2v) is 7.33. The molecule has 0 fully saturated rings. The zero-order chi connectivity index (χ0) is 18.7. The summed E-state index contributed by atoms with van der Waals surface area (Å²) in [6.07, 6.45) is 1.46. The van der Waals surface area contributed by atoms with Crippen LogP contribution in [0, 0.1) is 0 Å². The number of nitrogens with zero attached hydrogens (tertiary/aromatic N) is 6. The molecule has 0 aliphatic carbocycles. The Morgan fingerprint density at radius 2 is 2.00 bits per heavy atom. The van der Waals surface area contributed by atoms with Crippen molar-refractivity contribution in [2.75, 3.05) is 7.05 Å². The number of hydrogen-bond acceptors (Lipinski definition) is 5. The van der Waals surface area contributed by atoms with Crippen molar-refractivity contribution in [2.24, 2.45) is 0 Å². The highest BCUT2D eigenvalue weighted by molar-refractivity contribution is 5.83. The van der Waals surface area contributed by atoms with E-state index in [1.165, 1.54) is 11.0 Å². The Morgan fingerprint density at radius 1 is 1.27 bits per heavy atom. The summed E-state index contributed by atoms with van der Waals surface area (Å²) in [6.45, 7) is 6.73. The number of benzene rings is 1. The van der Waals surface area contributed by atoms with E-state index in [1.807, 2.05) is 36.4 Å². The number of aromatic nitrogens is 6. The van der Waals surface area contributed by atoms with Gasteiger partial charge in [0.15, 0.2) is 6.04 Å². The Labute approximate surface area is 152 Å². The molecule has 2 heterocycles. The van der Waals surface area contributed by atoms with Gasteiger partial charge in [-0.15, -0.1) is 5.10 Å². The number of tetrazole rings is 1. The van der Waals surface area contributed by atoms with Crippen LogP contribution < -0.4 is 0 Å². The van der Waals surface area contributed by atoms with Crippen molar-refractivity contribution < 1.29 is 4.79 Å². The van der Waals surface area contributed by atoms with Crippen LogP contribution >= 0.6 is 0 Å². The normalized spacial score (nSPS) is 12.8. The minimum atomic E-state index is -0.610. The molecule has 0 saturated heterocycles. The van der Waals surface area contributed by atoms with E-state index in [9.17, 15) is 4.79 Å². The van der Waals surface area contributed by atoms with E-state index in [0.717, 1.165) is 17.0 Å². The summed E-state index contributed by atoms with van der Waals surface area (Å²) < 4.78 is 1.47. The van der Waals surface area contributed by atoms with Crippen molar-refractivity contribution in [2.45, 2.75) is 38.8 Å². The first-order valence-corrected chi connectivity index (χ1v) is 8.43. The first-order valence-electron chi connectivity index (χ1n) is 8.43. The molecule has 1 atom stereocenters. The Morgan fingerprint density at radius 3 is 2.58 bits per heavy atom. The second-order valence-electron chi connectivity index (χ2n) is 7.33. The van der Waals surface area contributed by atoms with E-state index in [4.69, 9.17) is 0 Å². The van der Waals surface area contributed by atoms with Crippen molar-refractivity contribution in [3.63, 3.8) is 0 Å². The fourth-order valence-corrected chi connectivity index (χ4v) is 2.70. The molecule has 0 saturated carbocycles. The number of H-pyrrole nitrogens is 1. The zero-order valence-electron chi connectivity index (χ0n) is 15.4. The Balaban J connectivity index is 1.82. The van der Waals surface area contributed by atoms with Gasteiger partial charge in [-0.3, -0.25) is 9.89 Å². The van der Waals surface area contributed by atoms with Gasteiger partial charge in [-0.2, -0.15) is 5.10 Å². The molecule has 0 unspecified atom stereocenters. The fourth-order valence-electron chi connectivity index (χ4n) is 2.70. The lowest BCUT2D eigenvalue weighted by molar-refractivity contribution is -0.133. The van der Waals surface area contributed by atoms with Gasteiger partial charge in [-0.05, 0) is 22.1 Å². The maximum atomic E-state index is 13.1. The number of hydrogen-bond donors (Lipinski definition) is 1. The topological polar surface area (TPSA) is 92.6 Å². The molecule has 0 aliphatic rings. The molecule has 8 heteroatoms. The molecule has 136 valence electrons. The van der Waals surface area contributed by atoms with Gasteiger partial charge >= 0.3 is 0 Å². The lowest BCUT2D eigenvalue weighted by Gasteiger charge is -2.23. The summed E-state index contributed by atoms with van der Waals surface area (Å²) in [5.74, 6) is -0.101. The van der Waals surface area contributed by atoms with Gasteiger partial charge in [0.1, 0.15) is 6.33 Å². The van der Waals surface area contributed by atoms with Crippen molar-refractivity contribution >= 4 is 5.91 Å². The number of rotatable bonds is 5. The van der Waals surface area contributed by atoms with E-state index in [0.29, 0.717) is 6.54 Å². The third-order valence-corrected chi connectivity index (χ3v) is 4.16. The van der Waals surface area contributed by atoms with Crippen LogP contribution in [0.1, 0.15) is 43.8 Å². The third-order valence-electron chi connectivity index (χ3n) is 4.16. The average Bonchev–Trinajstić information content (AvgIpc) is 3.27. The zero-order valence-corrected chi connectivity index (χ0v) is 15.4. The SMILES string of the molecule is CN(Cc1cc(C(C)(C)C)n[nH]1)C(=O)[C@H](c1ccccc1)n1cnnn1. The van der Waals surface area contributed by atoms with Gasteiger partial charge in [-0.25, -0.2) is 4.68 Å². The molecule has 0 radical (unpaired) electrons. The number of amides is 1. The third kappa shape index (κ3) is 3.79. The number of carbonyl (C=O) groups excluding carboxylic acids is 1. The Hall–Kier alpha value is -3.03. The standard InChI is InChI=1S/C18H23N7O/c1-18(2,3)15-10-14(20-21-15)11-24(4)17(26)16(25-12-19-22-23-25)13-8-6-5-7-9-13/h5-10,12,16H,11H2,1-4H3,(H,20,21)/t16-/m0/s1. The lowest BCUT2D eigenvalue weighted by atomic mass is 9.92. The largest absolute Gasteiger partial charge is 0.338 e. The second kappa shape index (κ2) is 7.07. The summed E-state index contributed by atoms with van der Waals surface area (Å²) >= 11 is 0. The number of nitrogens with one attached hydrogen (secondary N) is 1. The van der Waals surface area contributed by atoms with Crippen LogP contribution in [0.25, 0.3) is 0 Å². The molecule has 8 nitrogen and oxygen atoms in total. The van der Waals surface area contributed by atoms with Gasteiger partial charge in [0, 0.05) is 12.5 Å². The first-order chi connectivity index (χ1) is 12.4. The quantitative estimate of drug-likeness (QED) is 0.757. The number of carbonyl (C=O) groups is 1. The van der Waals surface area contributed by atoms with Crippen molar-refractivity contribution in [1.82, 2.24) is 35.3 Å². The molecular formula is C18H23N7O. The molecule has 0 spiro atoms. The maximum Gasteiger partial charge on any atom is 0.252 e. The van der Waals surface area contributed by atoms with Gasteiger partial charge in [-0.1, -0.05) is 51.1 Å². The Kier molecular flexibility index (Phi) is 4.83. The molecule has 3 rings (SSSR count). The summed E-state index contributed by atoms with van der Waals surface area (Å²) in [6, 6.07) is 10.9. The number of aromatic amines is 1. The fraction of sp³-hybridized carbons (Fsp3) is 0.389. The molecule has 1 amide bonds. The average molecular weight is 353 g/mol. The van der Waals surface area contributed by atoms with E-state index in [1.54, 1.807) is 11.9 Å². The minimum Gasteiger partial charge on any atom is -0.338 e. The molecule has 1 aromatic carbocycles. The number of likely N-dealkylation sites (N-methyl/N-ethyl adjacent to an activating group) is 1. The monoisotopic (exact) mass is 353 g/mol. The van der Waals surface area contributed by atoms with Crippen LogP contribution in [-0.4, -0.2) is 48.3 Å². The lowest BCUT2D eigenvalue weighted by Crippen LogP contribution is -2.35. The summed E-state index contributed by atoms with van der Waals surface area (Å²) in [5.41, 5.74) is 2.63. The maximum absolute atomic E-state index is 13.1. The molecule has 0 bridgehead atoms. The summed E-state index contributed by atoms with van der Waals surface area (Å²) in [4.78, 5) is 14.8. The van der Waals surface area contributed by atoms with Crippen LogP contribution in [-0.2, 0) is 16.8 Å². The summed E-state index contributed by atoms with van der Waals surface area (Å²) in [5, 5.41) is 18.6. The van der Waals surface area contributed by atoms with E-state index in [-0.39, 0.29) is 11.3 Å². The van der Waals surface area contributed by atoms with Crippen molar-refractivity contribution in [1.29, 1.82) is 0 Å². The minimum absolute atomic E-state index is 0.0453. The highest BCUT2D eigenvalue weighted by Gasteiger charge is 2.27. The van der Waals surface area contributed by atoms with E-state index >= 15 is 0 Å². The van der Waals surface area contributed by atoms with Gasteiger partial charge in [0.25, 0.3) is 5.91 Å². The summed E-state index contributed by atoms with van der Waals surface area (Å²) in [7, 11) is 1.76. The van der Waals surface area contributed by atoms with Crippen molar-refractivity contribution in [3.8, 4) is 0 Å². The van der Waals surface area contributed by atoms with Gasteiger partial charge in [0.05, 0.1) is 17.9 Å². The van der Waals surface area contributed by atoms with Crippen LogP contribution in [0.3, 0.4) is 0 Å². The predicted molar refractivity (Wildman–Crippen MR) is 96.2 cm³/mol. The van der Waals surface area contributed by atoms with Crippen LogP contribution in [0.15, 0.2) is 42.7 Å². The molecule has 2 aromatic heterocycles. The highest BCUT2D eigenvalue weighted by Crippen LogP contribution is 2.22. The molecular weight excluding hydrogens is 330 g/mol. The van der Waals surface area contributed by atoms with Crippen LogP contribution in [0.4, 0.5) is 0 Å². The highest BCUT2D eigenvalue weighted by atomic mass is 16.2. The Bertz CT molecular complexity index is 849. The van der Waals surface area contributed by atoms with Crippen molar-refractivity contribution in [3.05, 3.63) is 59.7 Å². The smallest absolute Gasteiger partial charge is 0.252 e. The first kappa shape index (κ1) is 17.8. The van der Waals surface area contributed by atoms with Crippen LogP contribution in [0.5, 0.6) is 0 Å². The van der Waals surface area contributed by atoms with Gasteiger partial charge < -0.3 is 4.90 Å². The predicted octanol–water partition coefficient (Wildman–Crippen LogP) is 1.94. The molecule has 0 aliphatic heterocycles. The van der Waals surface area contributed by atoms with E-state index in [2.05, 4.69) is 46.5 Å². The van der Waals surface area contributed by atoms with E-state index < -0.39 is 6.04 Å². The molecule has 26 heavy (non-hydrogen) atoms. The molecule has 1 N–H and O–H groups in total. The van der Waals surface area contributed by atoms with Gasteiger partial charge in [0.2, 0.25) is 0 Å².